The van der Waals surface area contributed by atoms with Crippen molar-refractivity contribution in [2.24, 2.45) is 0 Å². The topological polar surface area (TPSA) is 35.5 Å². The summed E-state index contributed by atoms with van der Waals surface area (Å²) in [4.78, 5) is 12.5. The fraction of sp³-hybridized carbons (Fsp3) is 0.278. The molecule has 2 rings (SSSR count). The summed E-state index contributed by atoms with van der Waals surface area (Å²) in [5.41, 5.74) is 1.31. The third-order valence-electron chi connectivity index (χ3n) is 3.34. The number of rotatable bonds is 8. The molecule has 0 aliphatic carbocycles. The summed E-state index contributed by atoms with van der Waals surface area (Å²) < 4.78 is 10.9. The van der Waals surface area contributed by atoms with E-state index in [9.17, 15) is 4.79 Å². The number of halogens is 2. The molecule has 24 heavy (non-hydrogen) atoms. The molecule has 128 valence electrons. The number of carbonyl (C=O) groups is 1. The molecule has 1 atom stereocenters. The molecule has 0 aliphatic rings. The number of benzene rings is 2. The van der Waals surface area contributed by atoms with Gasteiger partial charge in [0.1, 0.15) is 12.4 Å². The molecule has 2 aromatic carbocycles. The Bertz CT molecular complexity index is 699. The fourth-order valence-electron chi connectivity index (χ4n) is 2.13. The van der Waals surface area contributed by atoms with E-state index in [1.54, 1.807) is 18.2 Å². The summed E-state index contributed by atoms with van der Waals surface area (Å²) in [5, 5.41) is 1.72. The predicted molar refractivity (Wildman–Crippen MR) is 102 cm³/mol. The van der Waals surface area contributed by atoms with Crippen LogP contribution in [0.3, 0.4) is 0 Å². The highest BCUT2D eigenvalue weighted by molar-refractivity contribution is 7.66. The first-order valence-electron chi connectivity index (χ1n) is 7.59. The van der Waals surface area contributed by atoms with Crippen molar-refractivity contribution in [1.29, 1.82) is 0 Å². The fourth-order valence-corrected chi connectivity index (χ4v) is 3.93. The maximum Gasteiger partial charge on any atom is 0.188 e. The number of ether oxygens (including phenoxy) is 2. The van der Waals surface area contributed by atoms with Gasteiger partial charge in [-0.1, -0.05) is 35.3 Å². The van der Waals surface area contributed by atoms with Crippen LogP contribution in [0.25, 0.3) is 0 Å². The van der Waals surface area contributed by atoms with Crippen molar-refractivity contribution >= 4 is 42.6 Å². The Labute approximate surface area is 154 Å². The second kappa shape index (κ2) is 9.39. The third kappa shape index (κ3) is 5.19. The van der Waals surface area contributed by atoms with Crippen LogP contribution in [0.4, 0.5) is 0 Å². The molecule has 0 saturated heterocycles. The molecule has 0 fully saturated rings. The van der Waals surface area contributed by atoms with Crippen LogP contribution in [0.15, 0.2) is 36.4 Å². The normalized spacial score (nSPS) is 11.2. The monoisotopic (exact) mass is 384 g/mol. The van der Waals surface area contributed by atoms with Gasteiger partial charge in [0.25, 0.3) is 0 Å². The number of aryl methyl sites for hydroxylation is 1. The quantitative estimate of drug-likeness (QED) is 0.481. The zero-order valence-electron chi connectivity index (χ0n) is 13.6. The van der Waals surface area contributed by atoms with Crippen molar-refractivity contribution in [2.45, 2.75) is 13.8 Å². The summed E-state index contributed by atoms with van der Waals surface area (Å²) >= 11 is 12.2. The van der Waals surface area contributed by atoms with Gasteiger partial charge in [-0.2, -0.15) is 0 Å². The van der Waals surface area contributed by atoms with Gasteiger partial charge in [0.2, 0.25) is 0 Å². The first-order valence-corrected chi connectivity index (χ1v) is 9.35. The van der Waals surface area contributed by atoms with Gasteiger partial charge in [0.15, 0.2) is 5.52 Å². The molecule has 0 spiro atoms. The number of carbonyl (C=O) groups excluding carboxylic acids is 1. The molecule has 2 aromatic rings. The van der Waals surface area contributed by atoms with Gasteiger partial charge < -0.3 is 9.47 Å². The van der Waals surface area contributed by atoms with Crippen molar-refractivity contribution in [1.82, 2.24) is 0 Å². The van der Waals surface area contributed by atoms with E-state index in [0.29, 0.717) is 35.4 Å². The highest BCUT2D eigenvalue weighted by Crippen LogP contribution is 2.31. The maximum atomic E-state index is 12.5. The van der Waals surface area contributed by atoms with E-state index in [1.807, 2.05) is 32.0 Å². The minimum atomic E-state index is -0.0706. The Morgan fingerprint density at radius 3 is 2.46 bits per heavy atom. The van der Waals surface area contributed by atoms with E-state index in [2.05, 4.69) is 0 Å². The smallest absolute Gasteiger partial charge is 0.188 e. The maximum absolute atomic E-state index is 12.5. The van der Waals surface area contributed by atoms with Gasteiger partial charge >= 0.3 is 0 Å². The number of hydrogen-bond acceptors (Lipinski definition) is 3. The zero-order chi connectivity index (χ0) is 17.5. The molecule has 0 amide bonds. The zero-order valence-corrected chi connectivity index (χ0v) is 16.1. The Hall–Kier alpha value is -1.12. The lowest BCUT2D eigenvalue weighted by atomic mass is 10.2. The standard InChI is InChI=1S/C18H19Cl2O3P/c1-3-22-9-10-23-13-7-8-16(12(2)11-13)24-18(21)17-14(19)5-4-6-15(17)20/h4-8,11,24H,3,9-10H2,1-2H3. The summed E-state index contributed by atoms with van der Waals surface area (Å²) in [6.07, 6.45) is 0. The molecule has 3 nitrogen and oxygen atoms in total. The summed E-state index contributed by atoms with van der Waals surface area (Å²) in [7, 11) is -0.0420. The molecule has 0 N–H and O–H groups in total. The van der Waals surface area contributed by atoms with Gasteiger partial charge in [-0.25, -0.2) is 0 Å². The highest BCUT2D eigenvalue weighted by atomic mass is 35.5. The van der Waals surface area contributed by atoms with E-state index >= 15 is 0 Å². The molecule has 0 radical (unpaired) electrons. The largest absolute Gasteiger partial charge is 0.491 e. The van der Waals surface area contributed by atoms with Gasteiger partial charge in [-0.05, 0) is 57.6 Å². The molecule has 0 bridgehead atoms. The van der Waals surface area contributed by atoms with E-state index in [1.165, 1.54) is 0 Å². The molecule has 1 unspecified atom stereocenters. The molecule has 0 saturated carbocycles. The van der Waals surface area contributed by atoms with Crippen LogP contribution in [-0.4, -0.2) is 25.3 Å². The molecule has 0 heterocycles. The van der Waals surface area contributed by atoms with Crippen LogP contribution in [0.1, 0.15) is 22.8 Å². The Morgan fingerprint density at radius 2 is 1.83 bits per heavy atom. The minimum absolute atomic E-state index is 0.0420. The SMILES string of the molecule is CCOCCOc1ccc(PC(=O)c2c(Cl)cccc2Cl)c(C)c1. The van der Waals surface area contributed by atoms with E-state index < -0.39 is 0 Å². The van der Waals surface area contributed by atoms with Crippen LogP contribution in [0.5, 0.6) is 5.75 Å². The van der Waals surface area contributed by atoms with Crippen LogP contribution >= 0.6 is 31.8 Å². The Kier molecular flexibility index (Phi) is 7.51. The van der Waals surface area contributed by atoms with Gasteiger partial charge in [-0.15, -0.1) is 0 Å². The summed E-state index contributed by atoms with van der Waals surface area (Å²) in [5.74, 6) is 0.768. The Balaban J connectivity index is 2.06. The first kappa shape index (κ1) is 19.2. The predicted octanol–water partition coefficient (Wildman–Crippen LogP) is 4.86. The van der Waals surface area contributed by atoms with Crippen molar-refractivity contribution in [3.63, 3.8) is 0 Å². The van der Waals surface area contributed by atoms with E-state index in [4.69, 9.17) is 32.7 Å². The van der Waals surface area contributed by atoms with Crippen LogP contribution in [0.2, 0.25) is 10.0 Å². The minimum Gasteiger partial charge on any atom is -0.491 e. The summed E-state index contributed by atoms with van der Waals surface area (Å²) in [6.45, 7) is 5.64. The highest BCUT2D eigenvalue weighted by Gasteiger charge is 2.16. The molecule has 0 aromatic heterocycles. The Morgan fingerprint density at radius 1 is 1.12 bits per heavy atom. The van der Waals surface area contributed by atoms with E-state index in [-0.39, 0.29) is 14.1 Å². The lowest BCUT2D eigenvalue weighted by molar-refractivity contribution is 0.108. The van der Waals surface area contributed by atoms with Gasteiger partial charge in [0.05, 0.1) is 22.2 Å². The van der Waals surface area contributed by atoms with Crippen LogP contribution in [0, 0.1) is 6.92 Å². The first-order chi connectivity index (χ1) is 11.5. The third-order valence-corrected chi connectivity index (χ3v) is 5.27. The van der Waals surface area contributed by atoms with Crippen LogP contribution < -0.4 is 10.0 Å². The average molecular weight is 385 g/mol. The molecular weight excluding hydrogens is 366 g/mol. The second-order valence-electron chi connectivity index (χ2n) is 5.07. The van der Waals surface area contributed by atoms with Crippen molar-refractivity contribution in [2.75, 3.05) is 19.8 Å². The van der Waals surface area contributed by atoms with Gasteiger partial charge in [0, 0.05) is 6.61 Å². The lowest BCUT2D eigenvalue weighted by Gasteiger charge is -2.11. The lowest BCUT2D eigenvalue weighted by Crippen LogP contribution is -2.09. The van der Waals surface area contributed by atoms with Crippen molar-refractivity contribution in [3.8, 4) is 5.75 Å². The second-order valence-corrected chi connectivity index (χ2v) is 7.13. The molecule has 0 aliphatic heterocycles. The number of hydrogen-bond donors (Lipinski definition) is 0. The molecular formula is C18H19Cl2O3P. The van der Waals surface area contributed by atoms with Crippen molar-refractivity contribution < 1.29 is 14.3 Å². The van der Waals surface area contributed by atoms with Gasteiger partial charge in [-0.3, -0.25) is 4.79 Å². The molecule has 6 heteroatoms. The van der Waals surface area contributed by atoms with Crippen LogP contribution in [-0.2, 0) is 4.74 Å². The van der Waals surface area contributed by atoms with Crippen molar-refractivity contribution in [3.05, 3.63) is 57.6 Å². The summed E-state index contributed by atoms with van der Waals surface area (Å²) in [6, 6.07) is 10.8. The average Bonchev–Trinajstić information content (AvgIpc) is 2.54. The van der Waals surface area contributed by atoms with E-state index in [0.717, 1.165) is 16.6 Å².